The number of pyridine rings is 1. The van der Waals surface area contributed by atoms with E-state index in [4.69, 9.17) is 9.47 Å². The predicted octanol–water partition coefficient (Wildman–Crippen LogP) is 2.68. The lowest BCUT2D eigenvalue weighted by Crippen LogP contribution is -2.39. The van der Waals surface area contributed by atoms with Crippen LogP contribution in [0.15, 0.2) is 49.2 Å². The van der Waals surface area contributed by atoms with E-state index in [9.17, 15) is 4.79 Å². The van der Waals surface area contributed by atoms with Crippen molar-refractivity contribution >= 4 is 5.91 Å². The maximum Gasteiger partial charge on any atom is 0.251 e. The fraction of sp³-hybridized carbons (Fsp3) is 0.364. The van der Waals surface area contributed by atoms with Crippen molar-refractivity contribution in [3.63, 3.8) is 0 Å². The number of amides is 1. The lowest BCUT2D eigenvalue weighted by atomic mass is 9.78. The lowest BCUT2D eigenvalue weighted by Gasteiger charge is -2.31. The SMILES string of the molecule is O=C(NCC1(c2ccc3c(c2)OCCO3)CCCC1)c1ccnc(-n2cncn2)c1. The van der Waals surface area contributed by atoms with E-state index in [0.29, 0.717) is 31.1 Å². The molecule has 0 bridgehead atoms. The van der Waals surface area contributed by atoms with Crippen LogP contribution in [-0.2, 0) is 5.41 Å². The summed E-state index contributed by atoms with van der Waals surface area (Å²) < 4.78 is 13.0. The molecule has 154 valence electrons. The van der Waals surface area contributed by atoms with E-state index in [0.717, 1.165) is 37.2 Å². The second-order valence-electron chi connectivity index (χ2n) is 7.77. The Morgan fingerprint density at radius 3 is 2.73 bits per heavy atom. The van der Waals surface area contributed by atoms with Crippen LogP contribution in [0.1, 0.15) is 41.6 Å². The second kappa shape index (κ2) is 7.78. The number of fused-ring (bicyclic) bond motifs is 1. The number of benzene rings is 1. The van der Waals surface area contributed by atoms with Crippen LogP contribution in [0.25, 0.3) is 5.82 Å². The minimum atomic E-state index is -0.123. The summed E-state index contributed by atoms with van der Waals surface area (Å²) in [5.74, 6) is 2.02. The molecule has 30 heavy (non-hydrogen) atoms. The third-order valence-corrected chi connectivity index (χ3v) is 5.96. The first kappa shape index (κ1) is 18.6. The molecular weight excluding hydrogens is 382 g/mol. The molecule has 8 nitrogen and oxygen atoms in total. The highest BCUT2D eigenvalue weighted by Gasteiger charge is 2.37. The highest BCUT2D eigenvalue weighted by atomic mass is 16.6. The van der Waals surface area contributed by atoms with Gasteiger partial charge in [-0.15, -0.1) is 0 Å². The van der Waals surface area contributed by atoms with Crippen molar-refractivity contribution in [1.29, 1.82) is 0 Å². The number of aromatic nitrogens is 4. The van der Waals surface area contributed by atoms with Crippen molar-refractivity contribution in [3.8, 4) is 17.3 Å². The van der Waals surface area contributed by atoms with Crippen LogP contribution >= 0.6 is 0 Å². The van der Waals surface area contributed by atoms with Gasteiger partial charge in [-0.05, 0) is 42.7 Å². The Morgan fingerprint density at radius 2 is 1.93 bits per heavy atom. The first-order valence-corrected chi connectivity index (χ1v) is 10.2. The largest absolute Gasteiger partial charge is 0.486 e. The van der Waals surface area contributed by atoms with Gasteiger partial charge in [0.25, 0.3) is 5.91 Å². The molecular formula is C22H23N5O3. The molecule has 3 aromatic rings. The van der Waals surface area contributed by atoms with Gasteiger partial charge in [0.1, 0.15) is 25.9 Å². The minimum Gasteiger partial charge on any atom is -0.486 e. The third kappa shape index (κ3) is 3.49. The van der Waals surface area contributed by atoms with E-state index < -0.39 is 0 Å². The molecule has 1 aromatic carbocycles. The second-order valence-corrected chi connectivity index (χ2v) is 7.77. The van der Waals surface area contributed by atoms with Gasteiger partial charge in [-0.25, -0.2) is 14.6 Å². The smallest absolute Gasteiger partial charge is 0.251 e. The average molecular weight is 405 g/mol. The molecule has 1 fully saturated rings. The van der Waals surface area contributed by atoms with Gasteiger partial charge in [0.2, 0.25) is 0 Å². The summed E-state index contributed by atoms with van der Waals surface area (Å²) in [6.45, 7) is 1.72. The van der Waals surface area contributed by atoms with Crippen LogP contribution in [0.4, 0.5) is 0 Å². The van der Waals surface area contributed by atoms with Crippen molar-refractivity contribution in [2.75, 3.05) is 19.8 Å². The van der Waals surface area contributed by atoms with Gasteiger partial charge >= 0.3 is 0 Å². The van der Waals surface area contributed by atoms with E-state index in [1.807, 2.05) is 6.07 Å². The normalized spacial score (nSPS) is 16.9. The molecule has 2 aliphatic rings. The highest BCUT2D eigenvalue weighted by Crippen LogP contribution is 2.43. The van der Waals surface area contributed by atoms with Gasteiger partial charge in [-0.2, -0.15) is 5.10 Å². The molecule has 1 saturated carbocycles. The Hall–Kier alpha value is -3.42. The molecule has 0 saturated heterocycles. The van der Waals surface area contributed by atoms with Crippen molar-refractivity contribution in [2.24, 2.45) is 0 Å². The van der Waals surface area contributed by atoms with Gasteiger partial charge in [0.05, 0.1) is 0 Å². The molecule has 0 spiro atoms. The quantitative estimate of drug-likeness (QED) is 0.702. The topological polar surface area (TPSA) is 91.2 Å². The lowest BCUT2D eigenvalue weighted by molar-refractivity contribution is 0.0943. The number of hydrogen-bond acceptors (Lipinski definition) is 6. The minimum absolute atomic E-state index is 0.0900. The van der Waals surface area contributed by atoms with Crippen LogP contribution in [-0.4, -0.2) is 45.4 Å². The van der Waals surface area contributed by atoms with Gasteiger partial charge < -0.3 is 14.8 Å². The van der Waals surface area contributed by atoms with Crippen molar-refractivity contribution < 1.29 is 14.3 Å². The zero-order chi connectivity index (χ0) is 20.4. The summed E-state index contributed by atoms with van der Waals surface area (Å²) in [5, 5.41) is 7.22. The summed E-state index contributed by atoms with van der Waals surface area (Å²) in [7, 11) is 0. The standard InChI is InChI=1S/C22H23N5O3/c28-21(16-5-8-24-20(11-16)27-15-23-14-26-27)25-13-22(6-1-2-7-22)17-3-4-18-19(12-17)30-10-9-29-18/h3-5,8,11-12,14-15H,1-2,6-7,9-10,13H2,(H,25,28). The fourth-order valence-corrected chi connectivity index (χ4v) is 4.36. The molecule has 0 unspecified atom stereocenters. The molecule has 3 heterocycles. The molecule has 0 radical (unpaired) electrons. The first-order valence-electron chi connectivity index (χ1n) is 10.2. The maximum absolute atomic E-state index is 12.9. The van der Waals surface area contributed by atoms with E-state index in [1.54, 1.807) is 24.7 Å². The van der Waals surface area contributed by atoms with Gasteiger partial charge in [-0.1, -0.05) is 18.9 Å². The molecule has 5 rings (SSSR count). The summed E-state index contributed by atoms with van der Waals surface area (Å²) in [4.78, 5) is 21.1. The molecule has 2 aromatic heterocycles. The van der Waals surface area contributed by atoms with E-state index in [2.05, 4.69) is 32.5 Å². The fourth-order valence-electron chi connectivity index (χ4n) is 4.36. The Labute approximate surface area is 174 Å². The zero-order valence-corrected chi connectivity index (χ0v) is 16.6. The van der Waals surface area contributed by atoms with E-state index in [1.165, 1.54) is 16.6 Å². The summed E-state index contributed by atoms with van der Waals surface area (Å²) in [6, 6.07) is 9.61. The number of hydrogen-bond donors (Lipinski definition) is 1. The average Bonchev–Trinajstić information content (AvgIpc) is 3.50. The van der Waals surface area contributed by atoms with Crippen LogP contribution in [0.5, 0.6) is 11.5 Å². The van der Waals surface area contributed by atoms with Crippen molar-refractivity contribution in [3.05, 3.63) is 60.3 Å². The summed E-state index contributed by atoms with van der Waals surface area (Å²) in [6.07, 6.45) is 8.97. The number of carbonyl (C=O) groups excluding carboxylic acids is 1. The van der Waals surface area contributed by atoms with E-state index in [-0.39, 0.29) is 11.3 Å². The van der Waals surface area contributed by atoms with Crippen LogP contribution < -0.4 is 14.8 Å². The highest BCUT2D eigenvalue weighted by molar-refractivity contribution is 5.94. The predicted molar refractivity (Wildman–Crippen MR) is 109 cm³/mol. The Morgan fingerprint density at radius 1 is 1.10 bits per heavy atom. The van der Waals surface area contributed by atoms with Crippen molar-refractivity contribution in [2.45, 2.75) is 31.1 Å². The van der Waals surface area contributed by atoms with Gasteiger partial charge in [-0.3, -0.25) is 4.79 Å². The maximum atomic E-state index is 12.9. The number of nitrogens with one attached hydrogen (secondary N) is 1. The summed E-state index contributed by atoms with van der Waals surface area (Å²) >= 11 is 0. The van der Waals surface area contributed by atoms with Crippen LogP contribution in [0.2, 0.25) is 0 Å². The molecule has 1 N–H and O–H groups in total. The van der Waals surface area contributed by atoms with Crippen molar-refractivity contribution in [1.82, 2.24) is 25.1 Å². The Balaban J connectivity index is 1.35. The molecule has 0 atom stereocenters. The number of carbonyl (C=O) groups is 1. The monoisotopic (exact) mass is 405 g/mol. The Bertz CT molecular complexity index is 1040. The third-order valence-electron chi connectivity index (χ3n) is 5.96. The van der Waals surface area contributed by atoms with Gasteiger partial charge in [0.15, 0.2) is 17.3 Å². The first-order chi connectivity index (χ1) is 14.7. The number of nitrogens with zero attached hydrogens (tertiary/aromatic N) is 4. The molecule has 8 heteroatoms. The summed E-state index contributed by atoms with van der Waals surface area (Å²) in [5.41, 5.74) is 1.65. The number of rotatable bonds is 5. The van der Waals surface area contributed by atoms with Crippen LogP contribution in [0.3, 0.4) is 0 Å². The van der Waals surface area contributed by atoms with Gasteiger partial charge in [0, 0.05) is 23.7 Å². The molecule has 1 aliphatic heterocycles. The van der Waals surface area contributed by atoms with Crippen LogP contribution in [0, 0.1) is 0 Å². The molecule has 1 aliphatic carbocycles. The number of ether oxygens (including phenoxy) is 2. The Kier molecular flexibility index (Phi) is 4.82. The zero-order valence-electron chi connectivity index (χ0n) is 16.6. The molecule has 1 amide bonds. The van der Waals surface area contributed by atoms with E-state index >= 15 is 0 Å².